The summed E-state index contributed by atoms with van der Waals surface area (Å²) in [5, 5.41) is 2.76. The summed E-state index contributed by atoms with van der Waals surface area (Å²) in [7, 11) is 0. The van der Waals surface area contributed by atoms with Gasteiger partial charge in [-0.15, -0.1) is 0 Å². The van der Waals surface area contributed by atoms with Gasteiger partial charge in [-0.3, -0.25) is 4.79 Å². The van der Waals surface area contributed by atoms with Crippen LogP contribution < -0.4 is 10.2 Å². The standard InChI is InChI=1S/C18H20N4O3/c1-2-25-17(24)13-5-7-15(8-6-13)21-16(23)14-11-19-18(20-12-14)22-9-3-4-10-22/h5-8,11-12H,2-4,9-10H2,1H3,(H,21,23). The molecular formula is C18H20N4O3. The Morgan fingerprint density at radius 1 is 1.08 bits per heavy atom. The number of rotatable bonds is 5. The largest absolute Gasteiger partial charge is 0.462 e. The van der Waals surface area contributed by atoms with Gasteiger partial charge >= 0.3 is 5.97 Å². The van der Waals surface area contributed by atoms with Crippen LogP contribution in [-0.4, -0.2) is 41.5 Å². The summed E-state index contributed by atoms with van der Waals surface area (Å²) in [5.74, 6) is -0.0176. The molecule has 0 aliphatic carbocycles. The number of hydrogen-bond acceptors (Lipinski definition) is 6. The normalized spacial score (nSPS) is 13.6. The highest BCUT2D eigenvalue weighted by Crippen LogP contribution is 2.16. The van der Waals surface area contributed by atoms with E-state index in [1.165, 1.54) is 12.4 Å². The van der Waals surface area contributed by atoms with Crippen LogP contribution in [0.4, 0.5) is 11.6 Å². The minimum Gasteiger partial charge on any atom is -0.462 e. The molecule has 130 valence electrons. The minimum absolute atomic E-state index is 0.295. The Labute approximate surface area is 146 Å². The quantitative estimate of drug-likeness (QED) is 0.842. The maximum atomic E-state index is 12.3. The van der Waals surface area contributed by atoms with Crippen molar-refractivity contribution in [1.82, 2.24) is 9.97 Å². The van der Waals surface area contributed by atoms with Crippen LogP contribution in [0.3, 0.4) is 0 Å². The van der Waals surface area contributed by atoms with Crippen molar-refractivity contribution in [3.05, 3.63) is 47.8 Å². The zero-order valence-corrected chi connectivity index (χ0v) is 14.1. The Balaban J connectivity index is 1.62. The van der Waals surface area contributed by atoms with Crippen molar-refractivity contribution >= 4 is 23.5 Å². The maximum Gasteiger partial charge on any atom is 0.338 e. The molecule has 0 atom stereocenters. The molecule has 0 spiro atoms. The van der Waals surface area contributed by atoms with E-state index in [-0.39, 0.29) is 11.9 Å². The lowest BCUT2D eigenvalue weighted by atomic mass is 10.2. The molecule has 7 nitrogen and oxygen atoms in total. The van der Waals surface area contributed by atoms with Crippen LogP contribution in [0.1, 0.15) is 40.5 Å². The van der Waals surface area contributed by atoms with Crippen molar-refractivity contribution in [2.75, 3.05) is 29.9 Å². The fraction of sp³-hybridized carbons (Fsp3) is 0.333. The van der Waals surface area contributed by atoms with Crippen LogP contribution in [0.25, 0.3) is 0 Å². The number of hydrogen-bond donors (Lipinski definition) is 1. The van der Waals surface area contributed by atoms with E-state index in [1.807, 2.05) is 0 Å². The molecule has 1 aliphatic heterocycles. The number of amides is 1. The second-order valence-corrected chi connectivity index (χ2v) is 5.72. The first-order valence-corrected chi connectivity index (χ1v) is 8.33. The maximum absolute atomic E-state index is 12.3. The fourth-order valence-electron chi connectivity index (χ4n) is 2.63. The minimum atomic E-state index is -0.383. The van der Waals surface area contributed by atoms with Gasteiger partial charge in [0.25, 0.3) is 5.91 Å². The summed E-state index contributed by atoms with van der Waals surface area (Å²) >= 11 is 0. The summed E-state index contributed by atoms with van der Waals surface area (Å²) < 4.78 is 4.92. The summed E-state index contributed by atoms with van der Waals surface area (Å²) in [4.78, 5) is 34.5. The highest BCUT2D eigenvalue weighted by Gasteiger charge is 2.15. The first-order chi connectivity index (χ1) is 12.2. The SMILES string of the molecule is CCOC(=O)c1ccc(NC(=O)c2cnc(N3CCCC3)nc2)cc1. The van der Waals surface area contributed by atoms with Gasteiger partial charge in [-0.25, -0.2) is 14.8 Å². The zero-order chi connectivity index (χ0) is 17.6. The number of aromatic nitrogens is 2. The van der Waals surface area contributed by atoms with E-state index < -0.39 is 0 Å². The predicted octanol–water partition coefficient (Wildman–Crippen LogP) is 2.51. The van der Waals surface area contributed by atoms with E-state index in [2.05, 4.69) is 20.2 Å². The molecule has 0 saturated carbocycles. The predicted molar refractivity (Wildman–Crippen MR) is 93.8 cm³/mol. The first kappa shape index (κ1) is 16.9. The molecule has 1 saturated heterocycles. The average molecular weight is 340 g/mol. The highest BCUT2D eigenvalue weighted by atomic mass is 16.5. The lowest BCUT2D eigenvalue weighted by Gasteiger charge is -2.14. The molecule has 1 aromatic heterocycles. The van der Waals surface area contributed by atoms with E-state index >= 15 is 0 Å². The van der Waals surface area contributed by atoms with Crippen molar-refractivity contribution in [3.8, 4) is 0 Å². The van der Waals surface area contributed by atoms with Gasteiger partial charge in [-0.1, -0.05) is 0 Å². The smallest absolute Gasteiger partial charge is 0.338 e. The van der Waals surface area contributed by atoms with Crippen molar-refractivity contribution in [2.45, 2.75) is 19.8 Å². The van der Waals surface area contributed by atoms with Gasteiger partial charge in [0, 0.05) is 31.2 Å². The van der Waals surface area contributed by atoms with Crippen molar-refractivity contribution < 1.29 is 14.3 Å². The molecule has 1 aliphatic rings. The number of ether oxygens (including phenoxy) is 1. The van der Waals surface area contributed by atoms with Crippen LogP contribution in [0.2, 0.25) is 0 Å². The average Bonchev–Trinajstić information content (AvgIpc) is 3.17. The van der Waals surface area contributed by atoms with Crippen molar-refractivity contribution in [1.29, 1.82) is 0 Å². The molecule has 2 heterocycles. The summed E-state index contributed by atoms with van der Waals surface area (Å²) in [5.41, 5.74) is 1.41. The lowest BCUT2D eigenvalue weighted by molar-refractivity contribution is 0.0526. The Morgan fingerprint density at radius 2 is 1.72 bits per heavy atom. The van der Waals surface area contributed by atoms with Crippen LogP contribution in [0.15, 0.2) is 36.7 Å². The molecule has 2 aromatic rings. The molecule has 7 heteroatoms. The molecule has 0 radical (unpaired) electrons. The molecule has 0 bridgehead atoms. The fourth-order valence-corrected chi connectivity index (χ4v) is 2.63. The van der Waals surface area contributed by atoms with Gasteiger partial charge in [0.2, 0.25) is 5.95 Å². The first-order valence-electron chi connectivity index (χ1n) is 8.33. The van der Waals surface area contributed by atoms with Crippen LogP contribution in [0, 0.1) is 0 Å². The Morgan fingerprint density at radius 3 is 2.32 bits per heavy atom. The monoisotopic (exact) mass is 340 g/mol. The van der Waals surface area contributed by atoms with E-state index in [0.29, 0.717) is 29.4 Å². The molecule has 1 aromatic carbocycles. The van der Waals surface area contributed by atoms with Gasteiger partial charge < -0.3 is 15.0 Å². The third kappa shape index (κ3) is 4.12. The number of esters is 1. The van der Waals surface area contributed by atoms with Crippen LogP contribution in [-0.2, 0) is 4.74 Å². The molecule has 25 heavy (non-hydrogen) atoms. The molecule has 1 fully saturated rings. The van der Waals surface area contributed by atoms with Gasteiger partial charge in [0.05, 0.1) is 17.7 Å². The van der Waals surface area contributed by atoms with Gasteiger partial charge in [0.15, 0.2) is 0 Å². The Kier molecular flexibility index (Phi) is 5.23. The van der Waals surface area contributed by atoms with Crippen molar-refractivity contribution in [2.24, 2.45) is 0 Å². The number of nitrogens with zero attached hydrogens (tertiary/aromatic N) is 3. The number of carbonyl (C=O) groups is 2. The van der Waals surface area contributed by atoms with E-state index in [4.69, 9.17) is 4.74 Å². The van der Waals surface area contributed by atoms with Crippen molar-refractivity contribution in [3.63, 3.8) is 0 Å². The van der Waals surface area contributed by atoms with Gasteiger partial charge in [-0.2, -0.15) is 0 Å². The number of carbonyl (C=O) groups excluding carboxylic acids is 2. The summed E-state index contributed by atoms with van der Waals surface area (Å²) in [6, 6.07) is 6.54. The van der Waals surface area contributed by atoms with Crippen LogP contribution >= 0.6 is 0 Å². The second kappa shape index (κ2) is 7.74. The molecule has 0 unspecified atom stereocenters. The topological polar surface area (TPSA) is 84.4 Å². The third-order valence-electron chi connectivity index (χ3n) is 3.94. The van der Waals surface area contributed by atoms with E-state index in [1.54, 1.807) is 31.2 Å². The Bertz CT molecular complexity index is 738. The lowest BCUT2D eigenvalue weighted by Crippen LogP contribution is -2.21. The summed E-state index contributed by atoms with van der Waals surface area (Å²) in [6.45, 7) is 3.99. The van der Waals surface area contributed by atoms with Crippen LogP contribution in [0.5, 0.6) is 0 Å². The number of nitrogens with one attached hydrogen (secondary N) is 1. The number of anilines is 2. The molecular weight excluding hydrogens is 320 g/mol. The third-order valence-corrected chi connectivity index (χ3v) is 3.94. The van der Waals surface area contributed by atoms with E-state index in [0.717, 1.165) is 25.9 Å². The van der Waals surface area contributed by atoms with Gasteiger partial charge in [0.1, 0.15) is 0 Å². The molecule has 3 rings (SSSR count). The second-order valence-electron chi connectivity index (χ2n) is 5.72. The van der Waals surface area contributed by atoms with E-state index in [9.17, 15) is 9.59 Å². The Hall–Kier alpha value is -2.96. The number of benzene rings is 1. The molecule has 1 N–H and O–H groups in total. The zero-order valence-electron chi connectivity index (χ0n) is 14.1. The molecule has 1 amide bonds. The highest BCUT2D eigenvalue weighted by molar-refractivity contribution is 6.04. The van der Waals surface area contributed by atoms with Gasteiger partial charge in [-0.05, 0) is 44.0 Å². The summed E-state index contributed by atoms with van der Waals surface area (Å²) in [6.07, 6.45) is 5.35.